The minimum Gasteiger partial charge on any atom is -0.492 e. The van der Waals surface area contributed by atoms with Crippen LogP contribution in [0.5, 0.6) is 5.75 Å². The Morgan fingerprint density at radius 3 is 2.67 bits per heavy atom. The Morgan fingerprint density at radius 2 is 2.11 bits per heavy atom. The molecule has 0 radical (unpaired) electrons. The van der Waals surface area contributed by atoms with Crippen LogP contribution in [0.25, 0.3) is 0 Å². The monoisotopic (exact) mass is 271 g/mol. The molecule has 0 aromatic carbocycles. The van der Waals surface area contributed by atoms with Crippen LogP contribution in [0.3, 0.4) is 0 Å². The van der Waals surface area contributed by atoms with Gasteiger partial charge in [-0.05, 0) is 26.0 Å². The lowest BCUT2D eigenvalue weighted by atomic mass is 10.3. The lowest BCUT2D eigenvalue weighted by Gasteiger charge is -2.09. The summed E-state index contributed by atoms with van der Waals surface area (Å²) >= 11 is 5.27. The molecule has 18 heavy (non-hydrogen) atoms. The summed E-state index contributed by atoms with van der Waals surface area (Å²) in [4.78, 5) is 26.5. The summed E-state index contributed by atoms with van der Waals surface area (Å²) in [5, 5.41) is 0. The van der Waals surface area contributed by atoms with E-state index in [0.717, 1.165) is 0 Å². The van der Waals surface area contributed by atoms with E-state index >= 15 is 0 Å². The molecule has 7 heteroatoms. The molecule has 1 rings (SSSR count). The molecule has 0 spiro atoms. The number of carbonyl (C=O) groups excluding carboxylic acids is 2. The number of pyridine rings is 1. The number of nitrogens with zero attached hydrogens (tertiary/aromatic N) is 1. The molecule has 6 nitrogen and oxygen atoms in total. The average Bonchev–Trinajstić information content (AvgIpc) is 2.38. The topological polar surface area (TPSA) is 80.3 Å². The number of alkyl halides is 1. The first-order valence-electron chi connectivity index (χ1n) is 5.34. The first kappa shape index (κ1) is 14.2. The van der Waals surface area contributed by atoms with E-state index in [0.29, 0.717) is 18.1 Å². The molecule has 1 aromatic heterocycles. The lowest BCUT2D eigenvalue weighted by Crippen LogP contribution is -2.42. The third kappa shape index (κ3) is 3.89. The summed E-state index contributed by atoms with van der Waals surface area (Å²) in [6.07, 6.45) is 0. The summed E-state index contributed by atoms with van der Waals surface area (Å²) in [5.74, 6) is -0.609. The van der Waals surface area contributed by atoms with Crippen LogP contribution in [0.15, 0.2) is 12.1 Å². The molecule has 98 valence electrons. The molecule has 0 atom stereocenters. The number of ether oxygens (including phenoxy) is 1. The van der Waals surface area contributed by atoms with E-state index in [1.165, 1.54) is 6.07 Å². The normalized spacial score (nSPS) is 9.72. The highest BCUT2D eigenvalue weighted by atomic mass is 35.5. The highest BCUT2D eigenvalue weighted by Gasteiger charge is 2.10. The predicted octanol–water partition coefficient (Wildman–Crippen LogP) is 0.789. The largest absolute Gasteiger partial charge is 0.492 e. The van der Waals surface area contributed by atoms with Gasteiger partial charge in [0.05, 0.1) is 12.3 Å². The van der Waals surface area contributed by atoms with Crippen LogP contribution in [0.1, 0.15) is 23.1 Å². The van der Waals surface area contributed by atoms with E-state index in [4.69, 9.17) is 16.3 Å². The van der Waals surface area contributed by atoms with E-state index in [9.17, 15) is 9.59 Å². The van der Waals surface area contributed by atoms with Crippen molar-refractivity contribution in [1.29, 1.82) is 0 Å². The van der Waals surface area contributed by atoms with E-state index in [2.05, 4.69) is 15.8 Å². The second-order valence-electron chi connectivity index (χ2n) is 3.35. The Kier molecular flexibility index (Phi) is 5.38. The number of hydrogen-bond acceptors (Lipinski definition) is 4. The molecule has 2 amide bonds. The Hall–Kier alpha value is -1.82. The fourth-order valence-corrected chi connectivity index (χ4v) is 1.27. The van der Waals surface area contributed by atoms with E-state index in [1.807, 2.05) is 6.92 Å². The fraction of sp³-hybridized carbons (Fsp3) is 0.364. The van der Waals surface area contributed by atoms with Crippen molar-refractivity contribution >= 4 is 23.4 Å². The second kappa shape index (κ2) is 6.80. The number of amides is 2. The number of rotatable bonds is 4. The number of carbonyl (C=O) groups is 2. The molecule has 0 unspecified atom stereocenters. The van der Waals surface area contributed by atoms with Crippen LogP contribution in [0.2, 0.25) is 0 Å². The molecule has 0 aliphatic rings. The van der Waals surface area contributed by atoms with Gasteiger partial charge < -0.3 is 4.74 Å². The number of aromatic nitrogens is 1. The maximum Gasteiger partial charge on any atom is 0.288 e. The van der Waals surface area contributed by atoms with Crippen molar-refractivity contribution in [3.8, 4) is 5.75 Å². The number of nitrogens with one attached hydrogen (secondary N) is 2. The molecule has 0 fully saturated rings. The number of halogens is 1. The van der Waals surface area contributed by atoms with Gasteiger partial charge in [-0.1, -0.05) is 0 Å². The summed E-state index contributed by atoms with van der Waals surface area (Å²) < 4.78 is 5.31. The first-order chi connectivity index (χ1) is 8.58. The number of hydrogen-bond donors (Lipinski definition) is 2. The zero-order valence-corrected chi connectivity index (χ0v) is 10.9. The van der Waals surface area contributed by atoms with Gasteiger partial charge >= 0.3 is 0 Å². The van der Waals surface area contributed by atoms with Crippen LogP contribution < -0.4 is 15.6 Å². The van der Waals surface area contributed by atoms with Gasteiger partial charge in [0.15, 0.2) is 0 Å². The Morgan fingerprint density at radius 1 is 1.39 bits per heavy atom. The number of aryl methyl sites for hydroxylation is 1. The smallest absolute Gasteiger partial charge is 0.288 e. The quantitative estimate of drug-likeness (QED) is 0.627. The minimum absolute atomic E-state index is 0.186. The van der Waals surface area contributed by atoms with Gasteiger partial charge in [-0.2, -0.15) is 0 Å². The molecular weight excluding hydrogens is 258 g/mol. The van der Waals surface area contributed by atoms with E-state index < -0.39 is 11.8 Å². The molecular formula is C11H14ClN3O3. The maximum atomic E-state index is 11.6. The molecule has 0 saturated heterocycles. The van der Waals surface area contributed by atoms with Gasteiger partial charge in [0.25, 0.3) is 11.8 Å². The number of hydrazine groups is 1. The zero-order valence-electron chi connectivity index (χ0n) is 10.1. The molecule has 1 heterocycles. The maximum absolute atomic E-state index is 11.6. The Labute approximate surface area is 110 Å². The Balaban J connectivity index is 2.69. The van der Waals surface area contributed by atoms with Crippen molar-refractivity contribution in [2.45, 2.75) is 13.8 Å². The van der Waals surface area contributed by atoms with Crippen LogP contribution in [0, 0.1) is 6.92 Å². The van der Waals surface area contributed by atoms with Gasteiger partial charge in [-0.25, -0.2) is 4.98 Å². The molecule has 0 bridgehead atoms. The van der Waals surface area contributed by atoms with Crippen molar-refractivity contribution in [3.63, 3.8) is 0 Å². The molecule has 0 aliphatic heterocycles. The van der Waals surface area contributed by atoms with Crippen LogP contribution in [-0.4, -0.2) is 29.3 Å². The van der Waals surface area contributed by atoms with Crippen LogP contribution >= 0.6 is 11.6 Å². The highest BCUT2D eigenvalue weighted by Crippen LogP contribution is 2.15. The van der Waals surface area contributed by atoms with Crippen molar-refractivity contribution < 1.29 is 14.3 Å². The van der Waals surface area contributed by atoms with Crippen LogP contribution in [0.4, 0.5) is 0 Å². The SMILES string of the molecule is CCOc1ccc(C(=O)NNC(=O)CCl)nc1C. The summed E-state index contributed by atoms with van der Waals surface area (Å²) in [5.41, 5.74) is 5.14. The van der Waals surface area contributed by atoms with Gasteiger partial charge in [0.2, 0.25) is 0 Å². The fourth-order valence-electron chi connectivity index (χ4n) is 1.21. The molecule has 0 aliphatic carbocycles. The highest BCUT2D eigenvalue weighted by molar-refractivity contribution is 6.27. The van der Waals surface area contributed by atoms with Gasteiger partial charge in [0.1, 0.15) is 17.3 Å². The van der Waals surface area contributed by atoms with Crippen molar-refractivity contribution in [2.24, 2.45) is 0 Å². The van der Waals surface area contributed by atoms with Gasteiger partial charge in [-0.3, -0.25) is 20.4 Å². The molecule has 0 saturated carbocycles. The summed E-state index contributed by atoms with van der Waals surface area (Å²) in [6.45, 7) is 4.13. The van der Waals surface area contributed by atoms with Gasteiger partial charge in [0, 0.05) is 0 Å². The van der Waals surface area contributed by atoms with Crippen molar-refractivity contribution in [1.82, 2.24) is 15.8 Å². The molecule has 2 N–H and O–H groups in total. The van der Waals surface area contributed by atoms with E-state index in [1.54, 1.807) is 13.0 Å². The van der Waals surface area contributed by atoms with Crippen molar-refractivity contribution in [3.05, 3.63) is 23.5 Å². The third-order valence-electron chi connectivity index (χ3n) is 2.01. The molecule has 1 aromatic rings. The third-order valence-corrected chi connectivity index (χ3v) is 2.25. The van der Waals surface area contributed by atoms with Crippen molar-refractivity contribution in [2.75, 3.05) is 12.5 Å². The van der Waals surface area contributed by atoms with E-state index in [-0.39, 0.29) is 11.6 Å². The second-order valence-corrected chi connectivity index (χ2v) is 3.62. The average molecular weight is 272 g/mol. The standard InChI is InChI=1S/C11H14ClN3O3/c1-3-18-9-5-4-8(13-7(9)2)11(17)15-14-10(16)6-12/h4-5H,3,6H2,1-2H3,(H,14,16)(H,15,17). The Bertz CT molecular complexity index is 451. The lowest BCUT2D eigenvalue weighted by molar-refractivity contribution is -0.119. The summed E-state index contributed by atoms with van der Waals surface area (Å²) in [6, 6.07) is 3.17. The minimum atomic E-state index is -0.514. The first-order valence-corrected chi connectivity index (χ1v) is 5.87. The van der Waals surface area contributed by atoms with Crippen LogP contribution in [-0.2, 0) is 4.79 Å². The van der Waals surface area contributed by atoms with Gasteiger partial charge in [-0.15, -0.1) is 11.6 Å². The zero-order chi connectivity index (χ0) is 13.5. The predicted molar refractivity (Wildman–Crippen MR) is 66.5 cm³/mol. The summed E-state index contributed by atoms with van der Waals surface area (Å²) in [7, 11) is 0.